The van der Waals surface area contributed by atoms with Gasteiger partial charge in [0.05, 0.1) is 41.0 Å². The van der Waals surface area contributed by atoms with Crippen molar-refractivity contribution in [1.82, 2.24) is 19.5 Å². The van der Waals surface area contributed by atoms with Crippen molar-refractivity contribution in [1.29, 1.82) is 5.26 Å². The molecule has 0 radical (unpaired) electrons. The second-order valence-corrected chi connectivity index (χ2v) is 11.9. The Bertz CT molecular complexity index is 2210. The summed E-state index contributed by atoms with van der Waals surface area (Å²) in [4.78, 5) is 26.1. The van der Waals surface area contributed by atoms with Crippen LogP contribution in [0.25, 0.3) is 22.3 Å². The molecule has 3 aromatic heterocycles. The van der Waals surface area contributed by atoms with Crippen LogP contribution in [0.4, 0.5) is 8.78 Å². The quantitative estimate of drug-likeness (QED) is 0.144. The number of carbonyl (C=O) groups excluding carboxylic acids is 1. The number of hydrogen-bond donors (Lipinski definition) is 0. The van der Waals surface area contributed by atoms with Gasteiger partial charge >= 0.3 is 5.97 Å². The number of esters is 1. The van der Waals surface area contributed by atoms with E-state index >= 15 is 4.39 Å². The minimum Gasteiger partial charge on any atom is -0.473 e. The molecule has 1 aliphatic rings. The molecule has 3 aromatic carbocycles. The molecule has 0 unspecified atom stereocenters. The fourth-order valence-corrected chi connectivity index (χ4v) is 5.96. The van der Waals surface area contributed by atoms with E-state index in [0.29, 0.717) is 40.3 Å². The number of rotatable bonds is 10. The summed E-state index contributed by atoms with van der Waals surface area (Å²) in [5.41, 5.74) is 4.94. The second-order valence-electron chi connectivity index (χ2n) is 11.9. The zero-order chi connectivity index (χ0) is 33.3. The maximum Gasteiger partial charge on any atom is 0.337 e. The highest BCUT2D eigenvalue weighted by molar-refractivity contribution is 5.93. The minimum absolute atomic E-state index is 0.0779. The lowest BCUT2D eigenvalue weighted by molar-refractivity contribution is 0.0601. The van der Waals surface area contributed by atoms with Crippen LogP contribution >= 0.6 is 0 Å². The van der Waals surface area contributed by atoms with Crippen LogP contribution in [0.3, 0.4) is 0 Å². The topological polar surface area (TPSA) is 103 Å². The number of methoxy groups -OCH3 is 1. The molecule has 0 saturated heterocycles. The molecule has 0 spiro atoms. The molecule has 1 aliphatic carbocycles. The average molecular weight is 642 g/mol. The van der Waals surface area contributed by atoms with Crippen LogP contribution in [0, 0.1) is 23.0 Å². The monoisotopic (exact) mass is 641 g/mol. The third-order valence-electron chi connectivity index (χ3n) is 8.82. The number of imidazole rings is 1. The first-order valence-electron chi connectivity index (χ1n) is 15.4. The largest absolute Gasteiger partial charge is 0.473 e. The Balaban J connectivity index is 1.16. The van der Waals surface area contributed by atoms with Crippen molar-refractivity contribution in [3.05, 3.63) is 143 Å². The molecule has 0 aliphatic heterocycles. The Morgan fingerprint density at radius 1 is 0.958 bits per heavy atom. The zero-order valence-electron chi connectivity index (χ0n) is 26.0. The van der Waals surface area contributed by atoms with E-state index in [1.54, 1.807) is 54.7 Å². The van der Waals surface area contributed by atoms with E-state index in [4.69, 9.17) is 19.7 Å². The van der Waals surface area contributed by atoms with E-state index in [1.165, 1.54) is 25.3 Å². The van der Waals surface area contributed by atoms with Gasteiger partial charge in [-0.25, -0.2) is 23.5 Å². The zero-order valence-corrected chi connectivity index (χ0v) is 26.0. The number of ether oxygens (including phenoxy) is 2. The first kappa shape index (κ1) is 30.7. The van der Waals surface area contributed by atoms with Crippen molar-refractivity contribution >= 4 is 17.0 Å². The Morgan fingerprint density at radius 2 is 1.79 bits per heavy atom. The van der Waals surface area contributed by atoms with Crippen molar-refractivity contribution < 1.29 is 23.0 Å². The van der Waals surface area contributed by atoms with Gasteiger partial charge in [-0.1, -0.05) is 30.3 Å². The second kappa shape index (κ2) is 12.7. The average Bonchev–Trinajstić information content (AvgIpc) is 3.84. The predicted molar refractivity (Wildman–Crippen MR) is 174 cm³/mol. The molecule has 1 fully saturated rings. The van der Waals surface area contributed by atoms with Crippen LogP contribution in [0.1, 0.15) is 51.3 Å². The lowest BCUT2D eigenvalue weighted by atomic mass is 9.97. The Labute approximate surface area is 275 Å². The summed E-state index contributed by atoms with van der Waals surface area (Å²) in [5, 5.41) is 8.96. The number of hydrogen-bond acceptors (Lipinski definition) is 7. The van der Waals surface area contributed by atoms with Crippen molar-refractivity contribution in [2.24, 2.45) is 0 Å². The summed E-state index contributed by atoms with van der Waals surface area (Å²) in [6.45, 7) is 0.531. The molecule has 6 aromatic rings. The number of benzene rings is 3. The molecule has 0 amide bonds. The maximum atomic E-state index is 15.8. The van der Waals surface area contributed by atoms with Crippen molar-refractivity contribution in [2.45, 2.75) is 37.8 Å². The van der Waals surface area contributed by atoms with E-state index in [1.807, 2.05) is 18.3 Å². The Hall–Kier alpha value is -5.95. The van der Waals surface area contributed by atoms with E-state index in [2.05, 4.69) is 20.6 Å². The Kier molecular flexibility index (Phi) is 8.11. The summed E-state index contributed by atoms with van der Waals surface area (Å²) in [7, 11) is 1.35. The van der Waals surface area contributed by atoms with Gasteiger partial charge in [0.2, 0.25) is 5.88 Å². The SMILES string of the molecule is COC(=O)c1ccc2nc(Cc3ccc(-c4cccc(OCc5ccc(C#N)cc5F)n4)cc3F)n(CC3(c4cccnc4)CC3)c2c1. The van der Waals surface area contributed by atoms with Gasteiger partial charge in [-0.15, -0.1) is 0 Å². The molecule has 8 nitrogen and oxygen atoms in total. The summed E-state index contributed by atoms with van der Waals surface area (Å²) in [6.07, 6.45) is 5.84. The normalized spacial score (nSPS) is 13.2. The molecule has 3 heterocycles. The van der Waals surface area contributed by atoms with Crippen LogP contribution in [0.5, 0.6) is 5.88 Å². The van der Waals surface area contributed by atoms with Crippen LogP contribution in [-0.2, 0) is 29.7 Å². The number of pyridine rings is 2. The summed E-state index contributed by atoms with van der Waals surface area (Å²) >= 11 is 0. The highest BCUT2D eigenvalue weighted by Gasteiger charge is 2.45. The summed E-state index contributed by atoms with van der Waals surface area (Å²) in [6, 6.07) is 25.4. The summed E-state index contributed by atoms with van der Waals surface area (Å²) < 4.78 is 42.9. The van der Waals surface area contributed by atoms with Gasteiger partial charge in [0.15, 0.2) is 0 Å². The number of aromatic nitrogens is 4. The van der Waals surface area contributed by atoms with Gasteiger partial charge in [-0.3, -0.25) is 4.98 Å². The van der Waals surface area contributed by atoms with Gasteiger partial charge in [0, 0.05) is 48.0 Å². The lowest BCUT2D eigenvalue weighted by Gasteiger charge is -2.19. The molecule has 1 saturated carbocycles. The van der Waals surface area contributed by atoms with Gasteiger partial charge in [-0.05, 0) is 72.5 Å². The molecule has 10 heteroatoms. The minimum atomic E-state index is -0.537. The summed E-state index contributed by atoms with van der Waals surface area (Å²) in [5.74, 6) is -0.460. The van der Waals surface area contributed by atoms with Crippen molar-refractivity contribution in [2.75, 3.05) is 7.11 Å². The first-order chi connectivity index (χ1) is 23.4. The standard InChI is InChI=1S/C38H29F2N5O3/c1-47-37(46)27-11-12-33-34(18-27)45(23-38(13-14-38)29-4-3-15-42-21-29)35(43-33)19-25-9-10-26(17-31(25)40)32-5-2-6-36(44-32)48-22-28-8-7-24(20-41)16-30(28)39/h2-12,15-18,21H,13-14,19,22-23H2,1H3. The number of nitriles is 1. The lowest BCUT2D eigenvalue weighted by Crippen LogP contribution is -2.18. The molecule has 238 valence electrons. The van der Waals surface area contributed by atoms with Crippen LogP contribution in [-0.4, -0.2) is 32.6 Å². The fraction of sp³-hybridized carbons (Fsp3) is 0.184. The number of fused-ring (bicyclic) bond motifs is 1. The van der Waals surface area contributed by atoms with Crippen LogP contribution in [0.2, 0.25) is 0 Å². The molecule has 48 heavy (non-hydrogen) atoms. The first-order valence-corrected chi connectivity index (χ1v) is 15.4. The maximum absolute atomic E-state index is 15.8. The van der Waals surface area contributed by atoms with E-state index in [-0.39, 0.29) is 35.4 Å². The Morgan fingerprint density at radius 3 is 2.52 bits per heavy atom. The van der Waals surface area contributed by atoms with E-state index in [9.17, 15) is 9.18 Å². The molecular weight excluding hydrogens is 612 g/mol. The van der Waals surface area contributed by atoms with Gasteiger partial charge in [0.1, 0.15) is 24.1 Å². The fourth-order valence-electron chi connectivity index (χ4n) is 5.96. The van der Waals surface area contributed by atoms with E-state index < -0.39 is 17.6 Å². The number of halogens is 2. The molecule has 0 atom stereocenters. The smallest absolute Gasteiger partial charge is 0.337 e. The van der Waals surface area contributed by atoms with Gasteiger partial charge in [0.25, 0.3) is 0 Å². The third-order valence-corrected chi connectivity index (χ3v) is 8.82. The predicted octanol–water partition coefficient (Wildman–Crippen LogP) is 7.33. The van der Waals surface area contributed by atoms with E-state index in [0.717, 1.165) is 30.0 Å². The molecule has 0 bridgehead atoms. The molecular formula is C38H29F2N5O3. The molecule has 0 N–H and O–H groups in total. The van der Waals surface area contributed by atoms with Crippen LogP contribution in [0.15, 0.2) is 97.3 Å². The number of nitrogens with zero attached hydrogens (tertiary/aromatic N) is 5. The van der Waals surface area contributed by atoms with Crippen molar-refractivity contribution in [3.8, 4) is 23.2 Å². The number of carbonyl (C=O) groups is 1. The van der Waals surface area contributed by atoms with Crippen LogP contribution < -0.4 is 4.74 Å². The highest BCUT2D eigenvalue weighted by Crippen LogP contribution is 2.50. The van der Waals surface area contributed by atoms with Gasteiger partial charge in [-0.2, -0.15) is 5.26 Å². The molecule has 7 rings (SSSR count). The van der Waals surface area contributed by atoms with Crippen molar-refractivity contribution in [3.63, 3.8) is 0 Å². The third kappa shape index (κ3) is 6.10. The van der Waals surface area contributed by atoms with Gasteiger partial charge < -0.3 is 14.0 Å². The highest BCUT2D eigenvalue weighted by atomic mass is 19.1.